The maximum Gasteiger partial charge on any atom is 0.343 e. The summed E-state index contributed by atoms with van der Waals surface area (Å²) in [7, 11) is 0. The normalized spacial score (nSPS) is 14.2. The van der Waals surface area contributed by atoms with Crippen molar-refractivity contribution in [3.05, 3.63) is 94.9 Å². The highest BCUT2D eigenvalue weighted by molar-refractivity contribution is 5.91. The lowest BCUT2D eigenvalue weighted by Gasteiger charge is -2.28. The number of nitrogens with two attached hydrogens (primary N) is 1. The highest BCUT2D eigenvalue weighted by Crippen LogP contribution is 2.45. The summed E-state index contributed by atoms with van der Waals surface area (Å²) in [5, 5.41) is 9.88. The van der Waals surface area contributed by atoms with E-state index in [1.165, 1.54) is 0 Å². The van der Waals surface area contributed by atoms with Gasteiger partial charge in [0.2, 0.25) is 5.88 Å². The van der Waals surface area contributed by atoms with E-state index in [1.807, 2.05) is 31.2 Å². The van der Waals surface area contributed by atoms with Crippen LogP contribution in [0.2, 0.25) is 0 Å². The zero-order chi connectivity index (χ0) is 26.2. The molecule has 1 heterocycles. The fourth-order valence-corrected chi connectivity index (χ4v) is 4.07. The molecule has 2 N–H and O–H groups in total. The van der Waals surface area contributed by atoms with Gasteiger partial charge in [-0.15, -0.1) is 0 Å². The molecule has 1 unspecified atom stereocenters. The minimum Gasteiger partial charge on any atom is -0.494 e. The van der Waals surface area contributed by atoms with Gasteiger partial charge in [-0.25, -0.2) is 4.79 Å². The average Bonchev–Trinajstić information content (AvgIpc) is 2.91. The molecule has 0 saturated heterocycles. The molecule has 0 amide bonds. The summed E-state index contributed by atoms with van der Waals surface area (Å²) in [6, 6.07) is 21.7. The van der Waals surface area contributed by atoms with Gasteiger partial charge in [0.05, 0.1) is 24.7 Å². The number of esters is 1. The smallest absolute Gasteiger partial charge is 0.343 e. The SMILES string of the molecule is CCCCOc1ccc(C(=O)Oc2ccc3c(c2)OC(N)=C(C#N)C3c2ccccc2OCCC)cc1. The lowest BCUT2D eigenvalue weighted by Crippen LogP contribution is -2.21. The zero-order valence-corrected chi connectivity index (χ0v) is 21.0. The molecule has 1 aliphatic rings. The molecule has 3 aromatic rings. The Balaban J connectivity index is 1.58. The maximum atomic E-state index is 12.7. The molecule has 190 valence electrons. The summed E-state index contributed by atoms with van der Waals surface area (Å²) in [5.74, 6) is 1.12. The first-order chi connectivity index (χ1) is 18.0. The van der Waals surface area contributed by atoms with Crippen molar-refractivity contribution >= 4 is 5.97 Å². The monoisotopic (exact) mass is 498 g/mol. The molecule has 0 bridgehead atoms. The Morgan fingerprint density at radius 2 is 1.70 bits per heavy atom. The van der Waals surface area contributed by atoms with Crippen molar-refractivity contribution in [3.63, 3.8) is 0 Å². The van der Waals surface area contributed by atoms with E-state index >= 15 is 0 Å². The van der Waals surface area contributed by atoms with Crippen molar-refractivity contribution in [2.45, 2.75) is 39.0 Å². The molecule has 7 heteroatoms. The third-order valence-corrected chi connectivity index (χ3v) is 5.95. The van der Waals surface area contributed by atoms with E-state index in [1.54, 1.807) is 42.5 Å². The minimum absolute atomic E-state index is 0.00688. The molecule has 1 atom stereocenters. The van der Waals surface area contributed by atoms with Crippen LogP contribution in [0.1, 0.15) is 60.5 Å². The number of carbonyl (C=O) groups excluding carboxylic acids is 1. The first kappa shape index (κ1) is 25.6. The van der Waals surface area contributed by atoms with Crippen LogP contribution in [-0.2, 0) is 0 Å². The molecule has 3 aromatic carbocycles. The van der Waals surface area contributed by atoms with Crippen LogP contribution in [0.5, 0.6) is 23.0 Å². The maximum absolute atomic E-state index is 12.7. The number of nitrogens with zero attached hydrogens (tertiary/aromatic N) is 1. The number of hydrogen-bond donors (Lipinski definition) is 1. The second-order valence-corrected chi connectivity index (χ2v) is 8.63. The van der Waals surface area contributed by atoms with Crippen molar-refractivity contribution in [2.24, 2.45) is 5.73 Å². The molecule has 7 nitrogen and oxygen atoms in total. The lowest BCUT2D eigenvalue weighted by molar-refractivity contribution is 0.0734. The molecule has 1 aliphatic heterocycles. The third-order valence-electron chi connectivity index (χ3n) is 5.95. The number of allylic oxidation sites excluding steroid dienone is 1. The van der Waals surface area contributed by atoms with Crippen molar-refractivity contribution in [1.29, 1.82) is 5.26 Å². The van der Waals surface area contributed by atoms with E-state index < -0.39 is 11.9 Å². The first-order valence-corrected chi connectivity index (χ1v) is 12.4. The van der Waals surface area contributed by atoms with Gasteiger partial charge in [0.15, 0.2) is 0 Å². The lowest BCUT2D eigenvalue weighted by atomic mass is 9.83. The summed E-state index contributed by atoms with van der Waals surface area (Å²) < 4.78 is 23.0. The Bertz CT molecular complexity index is 1320. The number of carbonyl (C=O) groups is 1. The third kappa shape index (κ3) is 5.87. The van der Waals surface area contributed by atoms with Crippen LogP contribution in [0.4, 0.5) is 0 Å². The fraction of sp³-hybridized carbons (Fsp3) is 0.267. The number of fused-ring (bicyclic) bond motifs is 1. The number of hydrogen-bond acceptors (Lipinski definition) is 7. The largest absolute Gasteiger partial charge is 0.494 e. The standard InChI is InChI=1S/C30H30N2O5/c1-3-5-17-34-21-12-10-20(11-13-21)30(33)36-22-14-15-24-27(18-22)37-29(32)25(19-31)28(24)23-8-6-7-9-26(23)35-16-4-2/h6-15,18,28H,3-5,16-17,32H2,1-2H3. The van der Waals surface area contributed by atoms with Gasteiger partial charge >= 0.3 is 5.97 Å². The molecule has 4 rings (SSSR count). The summed E-state index contributed by atoms with van der Waals surface area (Å²) >= 11 is 0. The number of benzene rings is 3. The van der Waals surface area contributed by atoms with Crippen LogP contribution >= 0.6 is 0 Å². The van der Waals surface area contributed by atoms with Crippen molar-refractivity contribution in [3.8, 4) is 29.1 Å². The molecular weight excluding hydrogens is 468 g/mol. The van der Waals surface area contributed by atoms with E-state index in [4.69, 9.17) is 24.7 Å². The number of nitriles is 1. The molecule has 0 aromatic heterocycles. The number of para-hydroxylation sites is 1. The van der Waals surface area contributed by atoms with Crippen LogP contribution in [0, 0.1) is 11.3 Å². The van der Waals surface area contributed by atoms with Gasteiger partial charge in [0, 0.05) is 17.2 Å². The molecule has 37 heavy (non-hydrogen) atoms. The van der Waals surface area contributed by atoms with Gasteiger partial charge in [0.1, 0.15) is 34.6 Å². The fourth-order valence-electron chi connectivity index (χ4n) is 4.07. The zero-order valence-electron chi connectivity index (χ0n) is 21.0. The first-order valence-electron chi connectivity index (χ1n) is 12.4. The Kier molecular flexibility index (Phi) is 8.32. The second-order valence-electron chi connectivity index (χ2n) is 8.63. The van der Waals surface area contributed by atoms with Crippen LogP contribution in [0.25, 0.3) is 0 Å². The molecule has 0 saturated carbocycles. The quantitative estimate of drug-likeness (QED) is 0.205. The number of ether oxygens (including phenoxy) is 4. The highest BCUT2D eigenvalue weighted by atomic mass is 16.5. The van der Waals surface area contributed by atoms with Crippen molar-refractivity contribution in [2.75, 3.05) is 13.2 Å². The molecule has 0 spiro atoms. The second kappa shape index (κ2) is 12.0. The van der Waals surface area contributed by atoms with Gasteiger partial charge in [-0.2, -0.15) is 5.26 Å². The van der Waals surface area contributed by atoms with E-state index in [0.717, 1.165) is 30.4 Å². The molecule has 0 radical (unpaired) electrons. The Morgan fingerprint density at radius 3 is 2.43 bits per heavy atom. The number of rotatable bonds is 10. The van der Waals surface area contributed by atoms with Crippen LogP contribution < -0.4 is 24.7 Å². The molecular formula is C30H30N2O5. The van der Waals surface area contributed by atoms with E-state index in [9.17, 15) is 10.1 Å². The Morgan fingerprint density at radius 1 is 0.946 bits per heavy atom. The van der Waals surface area contributed by atoms with Gasteiger partial charge < -0.3 is 24.7 Å². The summed E-state index contributed by atoms with van der Waals surface area (Å²) in [4.78, 5) is 12.7. The van der Waals surface area contributed by atoms with Crippen LogP contribution in [0.15, 0.2) is 78.2 Å². The minimum atomic E-state index is -0.507. The van der Waals surface area contributed by atoms with E-state index in [2.05, 4.69) is 13.0 Å². The van der Waals surface area contributed by atoms with Gasteiger partial charge in [0.25, 0.3) is 0 Å². The molecule has 0 aliphatic carbocycles. The van der Waals surface area contributed by atoms with E-state index in [0.29, 0.717) is 47.3 Å². The summed E-state index contributed by atoms with van der Waals surface area (Å²) in [6.07, 6.45) is 2.87. The Labute approximate surface area is 217 Å². The van der Waals surface area contributed by atoms with Gasteiger partial charge in [-0.05, 0) is 49.2 Å². The Hall–Kier alpha value is -4.44. The predicted octanol–water partition coefficient (Wildman–Crippen LogP) is 6.09. The summed E-state index contributed by atoms with van der Waals surface area (Å²) in [6.45, 7) is 5.32. The number of unbranched alkanes of at least 4 members (excludes halogenated alkanes) is 1. The van der Waals surface area contributed by atoms with E-state index in [-0.39, 0.29) is 5.88 Å². The highest BCUT2D eigenvalue weighted by Gasteiger charge is 2.33. The average molecular weight is 499 g/mol. The summed E-state index contributed by atoms with van der Waals surface area (Å²) in [5.41, 5.74) is 8.39. The van der Waals surface area contributed by atoms with Crippen molar-refractivity contribution < 1.29 is 23.7 Å². The van der Waals surface area contributed by atoms with Gasteiger partial charge in [-0.3, -0.25) is 0 Å². The molecule has 0 fully saturated rings. The van der Waals surface area contributed by atoms with Crippen LogP contribution in [0.3, 0.4) is 0 Å². The van der Waals surface area contributed by atoms with Gasteiger partial charge in [-0.1, -0.05) is 44.5 Å². The van der Waals surface area contributed by atoms with Crippen LogP contribution in [-0.4, -0.2) is 19.2 Å². The topological polar surface area (TPSA) is 104 Å². The predicted molar refractivity (Wildman–Crippen MR) is 140 cm³/mol. The van der Waals surface area contributed by atoms with Crippen molar-refractivity contribution in [1.82, 2.24) is 0 Å².